The van der Waals surface area contributed by atoms with E-state index < -0.39 is 5.54 Å². The normalized spacial score (nSPS) is 29.4. The van der Waals surface area contributed by atoms with Gasteiger partial charge in [-0.2, -0.15) is 0 Å². The Kier molecular flexibility index (Phi) is 6.12. The summed E-state index contributed by atoms with van der Waals surface area (Å²) in [4.78, 5) is 28.8. The maximum absolute atomic E-state index is 13.0. The Bertz CT molecular complexity index is 501. The quantitative estimate of drug-likeness (QED) is 0.711. The van der Waals surface area contributed by atoms with Crippen LogP contribution >= 0.6 is 0 Å². The number of carbonyl (C=O) groups is 2. The average Bonchev–Trinajstić information content (AvgIpc) is 2.53. The molecule has 0 aromatic rings. The molecule has 25 heavy (non-hydrogen) atoms. The van der Waals surface area contributed by atoms with Crippen LogP contribution in [0.1, 0.15) is 41.0 Å². The maximum atomic E-state index is 13.0. The molecule has 1 aliphatic heterocycles. The molecule has 7 heteroatoms. The van der Waals surface area contributed by atoms with E-state index in [1.165, 1.54) is 0 Å². The highest BCUT2D eigenvalue weighted by molar-refractivity contribution is 5.89. The van der Waals surface area contributed by atoms with Crippen LogP contribution in [0.3, 0.4) is 0 Å². The summed E-state index contributed by atoms with van der Waals surface area (Å²) in [6.45, 7) is 13.5. The summed E-state index contributed by atoms with van der Waals surface area (Å²) in [6.07, 6.45) is 0.608. The first-order valence-electron chi connectivity index (χ1n) is 9.33. The standard InChI is InChI=1S/C18H34N4O3/c1-6-25-14-11-18(19,17(14,4)5)16(24)22-9-7-21(8-10-22)12-15(23)20-13(2)3/h13-14H,6-12,19H2,1-5H3,(H,20,23). The lowest BCUT2D eigenvalue weighted by Crippen LogP contribution is -2.76. The second kappa shape index (κ2) is 7.60. The molecule has 2 amide bonds. The Balaban J connectivity index is 1.86. The molecular formula is C18H34N4O3. The Labute approximate surface area is 151 Å². The van der Waals surface area contributed by atoms with Crippen molar-refractivity contribution in [3.8, 4) is 0 Å². The minimum absolute atomic E-state index is 0.0136. The fourth-order valence-electron chi connectivity index (χ4n) is 3.76. The fourth-order valence-corrected chi connectivity index (χ4v) is 3.76. The molecule has 0 aromatic carbocycles. The predicted molar refractivity (Wildman–Crippen MR) is 97.0 cm³/mol. The molecular weight excluding hydrogens is 320 g/mol. The van der Waals surface area contributed by atoms with Crippen molar-refractivity contribution in [3.63, 3.8) is 0 Å². The third-order valence-electron chi connectivity index (χ3n) is 5.69. The third kappa shape index (κ3) is 3.99. The first-order valence-corrected chi connectivity index (χ1v) is 9.33. The van der Waals surface area contributed by atoms with Crippen LogP contribution in [-0.4, -0.2) is 78.6 Å². The second-order valence-electron chi connectivity index (χ2n) is 8.13. The number of hydrogen-bond acceptors (Lipinski definition) is 5. The van der Waals surface area contributed by atoms with Crippen molar-refractivity contribution < 1.29 is 14.3 Å². The highest BCUT2D eigenvalue weighted by atomic mass is 16.5. The van der Waals surface area contributed by atoms with Crippen molar-refractivity contribution in [1.82, 2.24) is 15.1 Å². The van der Waals surface area contributed by atoms with Gasteiger partial charge in [0.2, 0.25) is 11.8 Å². The van der Waals surface area contributed by atoms with Crippen molar-refractivity contribution in [2.24, 2.45) is 11.1 Å². The van der Waals surface area contributed by atoms with E-state index in [9.17, 15) is 9.59 Å². The van der Waals surface area contributed by atoms with Gasteiger partial charge in [0.15, 0.2) is 0 Å². The number of piperazine rings is 1. The molecule has 2 aliphatic rings. The zero-order chi connectivity index (χ0) is 18.8. The van der Waals surface area contributed by atoms with Crippen LogP contribution in [0.15, 0.2) is 0 Å². The number of nitrogens with zero attached hydrogens (tertiary/aromatic N) is 2. The van der Waals surface area contributed by atoms with Crippen LogP contribution < -0.4 is 11.1 Å². The zero-order valence-electron chi connectivity index (χ0n) is 16.3. The molecule has 7 nitrogen and oxygen atoms in total. The van der Waals surface area contributed by atoms with Gasteiger partial charge in [-0.25, -0.2) is 0 Å². The maximum Gasteiger partial charge on any atom is 0.243 e. The third-order valence-corrected chi connectivity index (χ3v) is 5.69. The van der Waals surface area contributed by atoms with Crippen LogP contribution in [0.5, 0.6) is 0 Å². The molecule has 1 heterocycles. The molecule has 0 aromatic heterocycles. The molecule has 2 rings (SSSR count). The smallest absolute Gasteiger partial charge is 0.243 e. The first kappa shape index (κ1) is 20.1. The summed E-state index contributed by atoms with van der Waals surface area (Å²) < 4.78 is 5.72. The van der Waals surface area contributed by atoms with E-state index in [1.807, 2.05) is 39.5 Å². The second-order valence-corrected chi connectivity index (χ2v) is 8.13. The van der Waals surface area contributed by atoms with Crippen molar-refractivity contribution in [2.75, 3.05) is 39.3 Å². The Morgan fingerprint density at radius 1 is 1.24 bits per heavy atom. The topological polar surface area (TPSA) is 87.9 Å². The first-order chi connectivity index (χ1) is 11.6. The summed E-state index contributed by atoms with van der Waals surface area (Å²) >= 11 is 0. The molecule has 0 spiro atoms. The minimum atomic E-state index is -0.857. The number of nitrogens with one attached hydrogen (secondary N) is 1. The highest BCUT2D eigenvalue weighted by Gasteiger charge is 2.63. The van der Waals surface area contributed by atoms with Crippen molar-refractivity contribution >= 4 is 11.8 Å². The monoisotopic (exact) mass is 354 g/mol. The summed E-state index contributed by atoms with van der Waals surface area (Å²) in [6, 6.07) is 0.145. The number of hydrogen-bond donors (Lipinski definition) is 2. The molecule has 2 fully saturated rings. The minimum Gasteiger partial charge on any atom is -0.378 e. The van der Waals surface area contributed by atoms with Gasteiger partial charge in [-0.05, 0) is 20.8 Å². The Hall–Kier alpha value is -1.18. The van der Waals surface area contributed by atoms with Gasteiger partial charge in [0.05, 0.1) is 12.6 Å². The van der Waals surface area contributed by atoms with Crippen LogP contribution in [0.2, 0.25) is 0 Å². The predicted octanol–water partition coefficient (Wildman–Crippen LogP) is 0.188. The Morgan fingerprint density at radius 2 is 1.84 bits per heavy atom. The van der Waals surface area contributed by atoms with Gasteiger partial charge in [0.25, 0.3) is 0 Å². The molecule has 1 aliphatic carbocycles. The highest BCUT2D eigenvalue weighted by Crippen LogP contribution is 2.50. The van der Waals surface area contributed by atoms with E-state index in [0.29, 0.717) is 45.8 Å². The van der Waals surface area contributed by atoms with E-state index in [4.69, 9.17) is 10.5 Å². The summed E-state index contributed by atoms with van der Waals surface area (Å²) in [5.41, 5.74) is 5.27. The number of rotatable bonds is 6. The van der Waals surface area contributed by atoms with Crippen molar-refractivity contribution in [1.29, 1.82) is 0 Å². The van der Waals surface area contributed by atoms with E-state index in [1.54, 1.807) is 0 Å². The van der Waals surface area contributed by atoms with Gasteiger partial charge < -0.3 is 20.7 Å². The summed E-state index contributed by atoms with van der Waals surface area (Å²) in [5.74, 6) is 0.0458. The van der Waals surface area contributed by atoms with Gasteiger partial charge in [-0.1, -0.05) is 13.8 Å². The van der Waals surface area contributed by atoms with Gasteiger partial charge in [0.1, 0.15) is 5.54 Å². The van der Waals surface area contributed by atoms with Crippen LogP contribution in [0.4, 0.5) is 0 Å². The zero-order valence-corrected chi connectivity index (χ0v) is 16.3. The number of carbonyl (C=O) groups excluding carboxylic acids is 2. The molecule has 1 saturated heterocycles. The largest absolute Gasteiger partial charge is 0.378 e. The van der Waals surface area contributed by atoms with Crippen LogP contribution in [0.25, 0.3) is 0 Å². The molecule has 0 bridgehead atoms. The molecule has 3 N–H and O–H groups in total. The molecule has 1 saturated carbocycles. The average molecular weight is 354 g/mol. The molecule has 0 radical (unpaired) electrons. The van der Waals surface area contributed by atoms with E-state index in [-0.39, 0.29) is 29.4 Å². The lowest BCUT2D eigenvalue weighted by Gasteiger charge is -2.59. The summed E-state index contributed by atoms with van der Waals surface area (Å²) in [7, 11) is 0. The van der Waals surface area contributed by atoms with Gasteiger partial charge in [0, 0.05) is 50.7 Å². The van der Waals surface area contributed by atoms with E-state index >= 15 is 0 Å². The lowest BCUT2D eigenvalue weighted by molar-refractivity contribution is -0.180. The van der Waals surface area contributed by atoms with Gasteiger partial charge in [-0.3, -0.25) is 14.5 Å². The van der Waals surface area contributed by atoms with Crippen molar-refractivity contribution in [2.45, 2.75) is 58.7 Å². The number of nitrogens with two attached hydrogens (primary N) is 1. The van der Waals surface area contributed by atoms with Gasteiger partial charge in [-0.15, -0.1) is 0 Å². The van der Waals surface area contributed by atoms with Crippen molar-refractivity contribution in [3.05, 3.63) is 0 Å². The van der Waals surface area contributed by atoms with Crippen LogP contribution in [0, 0.1) is 5.41 Å². The molecule has 2 unspecified atom stereocenters. The summed E-state index contributed by atoms with van der Waals surface area (Å²) in [5, 5.41) is 2.90. The lowest BCUT2D eigenvalue weighted by atomic mass is 9.54. The van der Waals surface area contributed by atoms with E-state index in [2.05, 4.69) is 10.2 Å². The Morgan fingerprint density at radius 3 is 2.32 bits per heavy atom. The fraction of sp³-hybridized carbons (Fsp3) is 0.889. The van der Waals surface area contributed by atoms with Gasteiger partial charge >= 0.3 is 0 Å². The number of amides is 2. The van der Waals surface area contributed by atoms with E-state index in [0.717, 1.165) is 0 Å². The number of ether oxygens (including phenoxy) is 1. The van der Waals surface area contributed by atoms with Crippen LogP contribution in [-0.2, 0) is 14.3 Å². The molecule has 2 atom stereocenters. The molecule has 144 valence electrons. The SMILES string of the molecule is CCOC1CC(N)(C(=O)N2CCN(CC(=O)NC(C)C)CC2)C1(C)C.